The average Bonchev–Trinajstić information content (AvgIpc) is 2.88. The zero-order valence-electron chi connectivity index (χ0n) is 19.4. The number of guanidine groups is 1. The number of rotatable bonds is 6. The van der Waals surface area contributed by atoms with E-state index in [0.29, 0.717) is 0 Å². The van der Waals surface area contributed by atoms with E-state index in [-0.39, 0.29) is 5.41 Å². The molecule has 2 fully saturated rings. The van der Waals surface area contributed by atoms with Crippen molar-refractivity contribution in [3.05, 3.63) is 60.2 Å². The smallest absolute Gasteiger partial charge is 0.194 e. The number of hydrogen-bond donors (Lipinski definition) is 1. The molecule has 6 heteroatoms. The van der Waals surface area contributed by atoms with Crippen LogP contribution < -0.4 is 15.0 Å². The largest absolute Gasteiger partial charge is 0.497 e. The van der Waals surface area contributed by atoms with E-state index >= 15 is 0 Å². The summed E-state index contributed by atoms with van der Waals surface area (Å²) in [5.41, 5.74) is 2.66. The topological polar surface area (TPSA) is 49.3 Å². The van der Waals surface area contributed by atoms with Gasteiger partial charge in [-0.2, -0.15) is 0 Å². The zero-order chi connectivity index (χ0) is 22.2. The average molecular weight is 437 g/mol. The monoisotopic (exact) mass is 436 g/mol. The van der Waals surface area contributed by atoms with Crippen LogP contribution in [0.15, 0.2) is 59.6 Å². The summed E-state index contributed by atoms with van der Waals surface area (Å²) in [6.07, 6.45) is 2.03. The van der Waals surface area contributed by atoms with Crippen molar-refractivity contribution in [2.24, 2.45) is 4.99 Å². The van der Waals surface area contributed by atoms with Crippen LogP contribution >= 0.6 is 0 Å². The third-order valence-electron chi connectivity index (χ3n) is 6.70. The van der Waals surface area contributed by atoms with Gasteiger partial charge in [0, 0.05) is 63.1 Å². The van der Waals surface area contributed by atoms with Gasteiger partial charge in [-0.15, -0.1) is 0 Å². The first-order valence-corrected chi connectivity index (χ1v) is 11.8. The van der Waals surface area contributed by atoms with Gasteiger partial charge < -0.3 is 24.6 Å². The van der Waals surface area contributed by atoms with Gasteiger partial charge in [0.05, 0.1) is 13.7 Å². The molecule has 2 heterocycles. The maximum Gasteiger partial charge on any atom is 0.194 e. The number of ether oxygens (including phenoxy) is 2. The van der Waals surface area contributed by atoms with Crippen LogP contribution in [0.2, 0.25) is 0 Å². The minimum atomic E-state index is 0.0581. The number of piperazine rings is 1. The fourth-order valence-electron chi connectivity index (χ4n) is 4.73. The molecule has 0 amide bonds. The van der Waals surface area contributed by atoms with Gasteiger partial charge in [-0.25, -0.2) is 0 Å². The van der Waals surface area contributed by atoms with E-state index in [2.05, 4.69) is 70.6 Å². The Hall–Kier alpha value is -2.73. The zero-order valence-corrected chi connectivity index (χ0v) is 19.4. The van der Waals surface area contributed by atoms with Crippen LogP contribution in [0, 0.1) is 0 Å². The predicted molar refractivity (Wildman–Crippen MR) is 131 cm³/mol. The normalized spacial score (nSPS) is 19.0. The first-order valence-electron chi connectivity index (χ1n) is 11.8. The molecular weight excluding hydrogens is 400 g/mol. The van der Waals surface area contributed by atoms with E-state index in [9.17, 15) is 0 Å². The Labute approximate surface area is 192 Å². The highest BCUT2D eigenvalue weighted by molar-refractivity contribution is 5.80. The van der Waals surface area contributed by atoms with Crippen molar-refractivity contribution in [2.45, 2.75) is 25.2 Å². The molecule has 6 nitrogen and oxygen atoms in total. The molecule has 4 rings (SSSR count). The molecule has 32 heavy (non-hydrogen) atoms. The minimum Gasteiger partial charge on any atom is -0.497 e. The molecule has 2 saturated heterocycles. The van der Waals surface area contributed by atoms with Gasteiger partial charge in [0.15, 0.2) is 5.96 Å². The lowest BCUT2D eigenvalue weighted by molar-refractivity contribution is 0.0530. The second-order valence-electron chi connectivity index (χ2n) is 8.60. The third kappa shape index (κ3) is 5.18. The lowest BCUT2D eigenvalue weighted by Gasteiger charge is -2.39. The maximum absolute atomic E-state index is 5.70. The highest BCUT2D eigenvalue weighted by Crippen LogP contribution is 2.35. The van der Waals surface area contributed by atoms with E-state index in [1.807, 2.05) is 6.07 Å². The molecule has 0 spiro atoms. The van der Waals surface area contributed by atoms with E-state index in [1.165, 1.54) is 11.3 Å². The standard InChI is InChI=1S/C26H36N4O2/c1-3-27-25(28-21-26(12-18-32-19-13-26)22-8-5-4-6-9-22)30-16-14-29(15-17-30)23-10-7-11-24(20-23)31-2/h4-11,20H,3,12-19,21H2,1-2H3,(H,27,28). The summed E-state index contributed by atoms with van der Waals surface area (Å²) in [6.45, 7) is 9.25. The molecule has 2 aromatic carbocycles. The number of nitrogens with one attached hydrogen (secondary N) is 1. The Morgan fingerprint density at radius 1 is 1.03 bits per heavy atom. The Morgan fingerprint density at radius 3 is 2.47 bits per heavy atom. The van der Waals surface area contributed by atoms with Crippen LogP contribution in [-0.2, 0) is 10.2 Å². The number of methoxy groups -OCH3 is 1. The van der Waals surface area contributed by atoms with Crippen molar-refractivity contribution in [2.75, 3.05) is 64.5 Å². The summed E-state index contributed by atoms with van der Waals surface area (Å²) >= 11 is 0. The second-order valence-corrected chi connectivity index (χ2v) is 8.60. The molecule has 0 radical (unpaired) electrons. The van der Waals surface area contributed by atoms with Crippen molar-refractivity contribution in [3.8, 4) is 5.75 Å². The first-order chi connectivity index (χ1) is 15.7. The number of nitrogens with zero attached hydrogens (tertiary/aromatic N) is 3. The molecule has 2 aliphatic heterocycles. The summed E-state index contributed by atoms with van der Waals surface area (Å²) in [4.78, 5) is 10.00. The molecule has 1 N–H and O–H groups in total. The van der Waals surface area contributed by atoms with Crippen LogP contribution in [-0.4, -0.2) is 70.5 Å². The van der Waals surface area contributed by atoms with E-state index < -0.39 is 0 Å². The molecular formula is C26H36N4O2. The van der Waals surface area contributed by atoms with E-state index in [0.717, 1.165) is 77.0 Å². The van der Waals surface area contributed by atoms with E-state index in [4.69, 9.17) is 14.5 Å². The Morgan fingerprint density at radius 2 is 1.78 bits per heavy atom. The molecule has 2 aliphatic rings. The SMILES string of the molecule is CCNC(=NCC1(c2ccccc2)CCOCC1)N1CCN(c2cccc(OC)c2)CC1. The molecule has 0 bridgehead atoms. The summed E-state index contributed by atoms with van der Waals surface area (Å²) in [7, 11) is 1.72. The predicted octanol–water partition coefficient (Wildman–Crippen LogP) is 3.53. The molecule has 0 atom stereocenters. The van der Waals surface area contributed by atoms with E-state index in [1.54, 1.807) is 7.11 Å². The highest BCUT2D eigenvalue weighted by atomic mass is 16.5. The lowest BCUT2D eigenvalue weighted by Crippen LogP contribution is -2.53. The lowest BCUT2D eigenvalue weighted by atomic mass is 9.74. The molecule has 0 saturated carbocycles. The fourth-order valence-corrected chi connectivity index (χ4v) is 4.73. The Bertz CT molecular complexity index is 872. The van der Waals surface area contributed by atoms with Gasteiger partial charge in [0.1, 0.15) is 5.75 Å². The summed E-state index contributed by atoms with van der Waals surface area (Å²) in [5, 5.41) is 3.54. The highest BCUT2D eigenvalue weighted by Gasteiger charge is 2.34. The van der Waals surface area contributed by atoms with Crippen molar-refractivity contribution in [1.29, 1.82) is 0 Å². The minimum absolute atomic E-state index is 0.0581. The second kappa shape index (κ2) is 10.7. The molecule has 0 aromatic heterocycles. The number of benzene rings is 2. The van der Waals surface area contributed by atoms with Crippen LogP contribution in [0.25, 0.3) is 0 Å². The van der Waals surface area contributed by atoms with Crippen molar-refractivity contribution >= 4 is 11.6 Å². The van der Waals surface area contributed by atoms with Gasteiger partial charge >= 0.3 is 0 Å². The summed E-state index contributed by atoms with van der Waals surface area (Å²) in [5.74, 6) is 1.93. The summed E-state index contributed by atoms with van der Waals surface area (Å²) in [6, 6.07) is 19.2. The van der Waals surface area contributed by atoms with Gasteiger partial charge in [-0.1, -0.05) is 36.4 Å². The molecule has 172 valence electrons. The molecule has 2 aromatic rings. The quantitative estimate of drug-likeness (QED) is 0.555. The van der Waals surface area contributed by atoms with Crippen molar-refractivity contribution in [1.82, 2.24) is 10.2 Å². The third-order valence-corrected chi connectivity index (χ3v) is 6.70. The van der Waals surface area contributed by atoms with Crippen LogP contribution in [0.4, 0.5) is 5.69 Å². The Balaban J connectivity index is 1.46. The number of hydrogen-bond acceptors (Lipinski definition) is 4. The number of aliphatic imine (C=N–C) groups is 1. The van der Waals surface area contributed by atoms with Gasteiger partial charge in [-0.05, 0) is 37.5 Å². The van der Waals surface area contributed by atoms with Crippen LogP contribution in [0.3, 0.4) is 0 Å². The van der Waals surface area contributed by atoms with Gasteiger partial charge in [0.25, 0.3) is 0 Å². The van der Waals surface area contributed by atoms with Crippen molar-refractivity contribution in [3.63, 3.8) is 0 Å². The first kappa shape index (κ1) is 22.5. The van der Waals surface area contributed by atoms with Crippen LogP contribution in [0.1, 0.15) is 25.3 Å². The van der Waals surface area contributed by atoms with Crippen molar-refractivity contribution < 1.29 is 9.47 Å². The number of anilines is 1. The maximum atomic E-state index is 5.70. The fraction of sp³-hybridized carbons (Fsp3) is 0.500. The molecule has 0 unspecified atom stereocenters. The summed E-state index contributed by atoms with van der Waals surface area (Å²) < 4.78 is 11.1. The molecule has 0 aliphatic carbocycles. The van der Waals surface area contributed by atoms with Gasteiger partial charge in [-0.3, -0.25) is 4.99 Å². The Kier molecular flexibility index (Phi) is 7.53. The van der Waals surface area contributed by atoms with Crippen LogP contribution in [0.5, 0.6) is 5.75 Å². The van der Waals surface area contributed by atoms with Gasteiger partial charge in [0.2, 0.25) is 0 Å².